The van der Waals surface area contributed by atoms with E-state index in [1.54, 1.807) is 0 Å². The van der Waals surface area contributed by atoms with Crippen molar-refractivity contribution in [1.82, 2.24) is 0 Å². The zero-order valence-electron chi connectivity index (χ0n) is 9.00. The van der Waals surface area contributed by atoms with E-state index < -0.39 is 0 Å². The van der Waals surface area contributed by atoms with E-state index in [1.165, 1.54) is 0 Å². The first-order valence-electron chi connectivity index (χ1n) is 5.12. The number of hydrogen-bond donors (Lipinski definition) is 0. The second kappa shape index (κ2) is 4.78. The van der Waals surface area contributed by atoms with Crippen LogP contribution >= 0.6 is 15.9 Å². The van der Waals surface area contributed by atoms with Crippen molar-refractivity contribution in [3.8, 4) is 0 Å². The number of aliphatic imine (C=N–C) groups is 1. The van der Waals surface area contributed by atoms with Gasteiger partial charge in [0.25, 0.3) is 0 Å². The minimum absolute atomic E-state index is 0.0550. The molecule has 0 aliphatic carbocycles. The molecule has 1 aromatic rings. The highest BCUT2D eigenvalue weighted by atomic mass is 79.9. The van der Waals surface area contributed by atoms with Gasteiger partial charge < -0.3 is 4.74 Å². The summed E-state index contributed by atoms with van der Waals surface area (Å²) in [6.45, 7) is 3.19. The normalized spacial score (nSPS) is 14.5. The zero-order valence-corrected chi connectivity index (χ0v) is 10.6. The van der Waals surface area contributed by atoms with Crippen LogP contribution in [0.3, 0.4) is 0 Å². The number of benzene rings is 1. The molecule has 3 nitrogen and oxygen atoms in total. The van der Waals surface area contributed by atoms with Crippen LogP contribution in [-0.2, 0) is 4.74 Å². The molecule has 0 saturated carbocycles. The van der Waals surface area contributed by atoms with Gasteiger partial charge in [0.1, 0.15) is 6.61 Å². The minimum Gasteiger partial charge on any atom is -0.479 e. The first kappa shape index (κ1) is 11.3. The molecule has 0 bridgehead atoms. The molecule has 2 rings (SSSR count). The summed E-state index contributed by atoms with van der Waals surface area (Å²) in [6.07, 6.45) is 0.261. The summed E-state index contributed by atoms with van der Waals surface area (Å²) < 4.78 is 6.15. The number of carbonyl (C=O) groups is 1. The van der Waals surface area contributed by atoms with Crippen LogP contribution in [0.2, 0.25) is 0 Å². The molecule has 0 spiro atoms. The molecule has 1 aliphatic heterocycles. The fraction of sp³-hybridized carbons (Fsp3) is 0.333. The first-order chi connectivity index (χ1) is 7.66. The quantitative estimate of drug-likeness (QED) is 0.799. The van der Waals surface area contributed by atoms with Crippen molar-refractivity contribution in [2.24, 2.45) is 4.99 Å². The van der Waals surface area contributed by atoms with Crippen molar-refractivity contribution >= 4 is 27.6 Å². The summed E-state index contributed by atoms with van der Waals surface area (Å²) in [6, 6.07) is 5.69. The van der Waals surface area contributed by atoms with Gasteiger partial charge in [-0.25, -0.2) is 0 Å². The Morgan fingerprint density at radius 2 is 2.38 bits per heavy atom. The van der Waals surface area contributed by atoms with Crippen LogP contribution < -0.4 is 0 Å². The molecule has 1 aliphatic rings. The molecule has 0 N–H and O–H groups in total. The standard InChI is InChI=1S/C12H12BrNO2/c1-8-2-3-9(13)6-10(8)11(15)7-12-14-4-5-16-12/h2-3,6H,4-5,7H2,1H3. The SMILES string of the molecule is Cc1ccc(Br)cc1C(=O)CC1=NCCO1. The Labute approximate surface area is 103 Å². The lowest BCUT2D eigenvalue weighted by atomic mass is 10.0. The number of Topliss-reactive ketones (excluding diaryl/α,β-unsaturated/α-hetero) is 1. The predicted molar refractivity (Wildman–Crippen MR) is 66.1 cm³/mol. The van der Waals surface area contributed by atoms with E-state index in [2.05, 4.69) is 20.9 Å². The molecule has 0 saturated heterocycles. The van der Waals surface area contributed by atoms with Crippen molar-refractivity contribution in [2.75, 3.05) is 13.2 Å². The van der Waals surface area contributed by atoms with Crippen LogP contribution in [-0.4, -0.2) is 24.8 Å². The lowest BCUT2D eigenvalue weighted by Gasteiger charge is -2.05. The first-order valence-corrected chi connectivity index (χ1v) is 5.91. The summed E-state index contributed by atoms with van der Waals surface area (Å²) in [4.78, 5) is 16.1. The summed E-state index contributed by atoms with van der Waals surface area (Å²) in [5.74, 6) is 0.615. The Bertz CT molecular complexity index is 454. The maximum Gasteiger partial charge on any atom is 0.191 e. The third kappa shape index (κ3) is 2.50. The number of hydrogen-bond acceptors (Lipinski definition) is 3. The lowest BCUT2D eigenvalue weighted by molar-refractivity contribution is 0.0994. The van der Waals surface area contributed by atoms with Crippen LogP contribution in [0, 0.1) is 6.92 Å². The largest absolute Gasteiger partial charge is 0.479 e. The minimum atomic E-state index is 0.0550. The molecule has 0 radical (unpaired) electrons. The third-order valence-corrected chi connectivity index (χ3v) is 2.95. The maximum absolute atomic E-state index is 12.0. The van der Waals surface area contributed by atoms with Crippen LogP contribution in [0.4, 0.5) is 0 Å². The number of halogens is 1. The van der Waals surface area contributed by atoms with Gasteiger partial charge in [-0.3, -0.25) is 9.79 Å². The van der Waals surface area contributed by atoms with E-state index in [4.69, 9.17) is 4.74 Å². The van der Waals surface area contributed by atoms with Gasteiger partial charge in [0.05, 0.1) is 13.0 Å². The van der Waals surface area contributed by atoms with Gasteiger partial charge in [-0.05, 0) is 24.6 Å². The van der Waals surface area contributed by atoms with Gasteiger partial charge in [0, 0.05) is 10.0 Å². The van der Waals surface area contributed by atoms with E-state index in [1.807, 2.05) is 25.1 Å². The fourth-order valence-electron chi connectivity index (χ4n) is 1.61. The molecule has 0 amide bonds. The number of nitrogens with zero attached hydrogens (tertiary/aromatic N) is 1. The predicted octanol–water partition coefficient (Wildman–Crippen LogP) is 2.76. The average Bonchev–Trinajstić information content (AvgIpc) is 2.74. The van der Waals surface area contributed by atoms with Gasteiger partial charge in [-0.1, -0.05) is 22.0 Å². The van der Waals surface area contributed by atoms with Gasteiger partial charge in [0.15, 0.2) is 11.7 Å². The van der Waals surface area contributed by atoms with Crippen molar-refractivity contribution in [1.29, 1.82) is 0 Å². The number of aryl methyl sites for hydroxylation is 1. The van der Waals surface area contributed by atoms with Crippen molar-refractivity contribution in [3.05, 3.63) is 33.8 Å². The fourth-order valence-corrected chi connectivity index (χ4v) is 1.97. The number of ether oxygens (including phenoxy) is 1. The molecule has 4 heteroatoms. The van der Waals surface area contributed by atoms with Crippen LogP contribution in [0.25, 0.3) is 0 Å². The molecular formula is C12H12BrNO2. The molecule has 0 unspecified atom stereocenters. The van der Waals surface area contributed by atoms with Crippen LogP contribution in [0.15, 0.2) is 27.7 Å². The highest BCUT2D eigenvalue weighted by Crippen LogP contribution is 2.18. The maximum atomic E-state index is 12.0. The number of ketones is 1. The Morgan fingerprint density at radius 3 is 3.06 bits per heavy atom. The van der Waals surface area contributed by atoms with Crippen LogP contribution in [0.1, 0.15) is 22.3 Å². The highest BCUT2D eigenvalue weighted by molar-refractivity contribution is 9.10. The molecule has 1 heterocycles. The van der Waals surface area contributed by atoms with E-state index >= 15 is 0 Å². The van der Waals surface area contributed by atoms with Crippen molar-refractivity contribution in [3.63, 3.8) is 0 Å². The Morgan fingerprint density at radius 1 is 1.56 bits per heavy atom. The Balaban J connectivity index is 2.16. The van der Waals surface area contributed by atoms with Gasteiger partial charge in [-0.2, -0.15) is 0 Å². The topological polar surface area (TPSA) is 38.7 Å². The van der Waals surface area contributed by atoms with E-state index in [-0.39, 0.29) is 12.2 Å². The highest BCUT2D eigenvalue weighted by Gasteiger charge is 2.16. The van der Waals surface area contributed by atoms with Gasteiger partial charge in [0.2, 0.25) is 0 Å². The van der Waals surface area contributed by atoms with Crippen LogP contribution in [0.5, 0.6) is 0 Å². The number of rotatable bonds is 3. The van der Waals surface area contributed by atoms with Crippen molar-refractivity contribution < 1.29 is 9.53 Å². The van der Waals surface area contributed by atoms with E-state index in [0.29, 0.717) is 19.0 Å². The molecule has 84 valence electrons. The monoisotopic (exact) mass is 281 g/mol. The molecule has 0 atom stereocenters. The third-order valence-electron chi connectivity index (χ3n) is 2.46. The van der Waals surface area contributed by atoms with Gasteiger partial charge in [-0.15, -0.1) is 0 Å². The van der Waals surface area contributed by atoms with E-state index in [9.17, 15) is 4.79 Å². The number of carbonyl (C=O) groups excluding carboxylic acids is 1. The lowest BCUT2D eigenvalue weighted by Crippen LogP contribution is -2.09. The Hall–Kier alpha value is -1.16. The Kier molecular flexibility index (Phi) is 3.39. The summed E-state index contributed by atoms with van der Waals surface area (Å²) in [5, 5.41) is 0. The average molecular weight is 282 g/mol. The molecular weight excluding hydrogens is 270 g/mol. The van der Waals surface area contributed by atoms with Gasteiger partial charge >= 0.3 is 0 Å². The van der Waals surface area contributed by atoms with E-state index in [0.717, 1.165) is 15.6 Å². The second-order valence-electron chi connectivity index (χ2n) is 3.68. The van der Waals surface area contributed by atoms with Crippen molar-refractivity contribution in [2.45, 2.75) is 13.3 Å². The molecule has 1 aromatic carbocycles. The smallest absolute Gasteiger partial charge is 0.191 e. The summed E-state index contributed by atoms with van der Waals surface area (Å²) in [5.41, 5.74) is 1.71. The second-order valence-corrected chi connectivity index (χ2v) is 4.60. The zero-order chi connectivity index (χ0) is 11.5. The molecule has 16 heavy (non-hydrogen) atoms. The molecule has 0 fully saturated rings. The summed E-state index contributed by atoms with van der Waals surface area (Å²) in [7, 11) is 0. The summed E-state index contributed by atoms with van der Waals surface area (Å²) >= 11 is 3.36. The molecule has 0 aromatic heterocycles.